The zero-order chi connectivity index (χ0) is 21.2. The lowest BCUT2D eigenvalue weighted by Gasteiger charge is -2.10. The molecule has 0 saturated carbocycles. The van der Waals surface area contributed by atoms with E-state index in [2.05, 4.69) is 20.5 Å². The number of methoxy groups -OCH3 is 1. The molecule has 8 nitrogen and oxygen atoms in total. The number of nitrogens with zero attached hydrogens (tertiary/aromatic N) is 4. The first kappa shape index (κ1) is 18.6. The lowest BCUT2D eigenvalue weighted by atomic mass is 10.2. The maximum Gasteiger partial charge on any atom is 0.266 e. The molecular formula is C23H17N5O3. The second kappa shape index (κ2) is 7.75. The number of nitrogens with one attached hydrogen (secondary N) is 1. The third kappa shape index (κ3) is 3.62. The zero-order valence-corrected chi connectivity index (χ0v) is 16.5. The van der Waals surface area contributed by atoms with E-state index in [0.717, 1.165) is 11.0 Å². The molecule has 0 aliphatic rings. The minimum absolute atomic E-state index is 0.228. The Morgan fingerprint density at radius 1 is 0.968 bits per heavy atom. The smallest absolute Gasteiger partial charge is 0.266 e. The van der Waals surface area contributed by atoms with Crippen LogP contribution in [0.15, 0.2) is 79.1 Å². The molecule has 1 amide bonds. The molecule has 0 fully saturated rings. The molecule has 2 aromatic heterocycles. The van der Waals surface area contributed by atoms with Crippen molar-refractivity contribution in [2.45, 2.75) is 0 Å². The van der Waals surface area contributed by atoms with Crippen molar-refractivity contribution in [3.63, 3.8) is 0 Å². The van der Waals surface area contributed by atoms with E-state index < -0.39 is 0 Å². The summed E-state index contributed by atoms with van der Waals surface area (Å²) in [6.45, 7) is 0. The molecule has 8 heteroatoms. The van der Waals surface area contributed by atoms with E-state index in [-0.39, 0.29) is 5.91 Å². The number of para-hydroxylation sites is 2. The monoisotopic (exact) mass is 411 g/mol. The number of fused-ring (bicyclic) bond motifs is 3. The maximum atomic E-state index is 12.5. The molecular weight excluding hydrogens is 394 g/mol. The van der Waals surface area contributed by atoms with E-state index in [0.29, 0.717) is 34.3 Å². The predicted molar refractivity (Wildman–Crippen MR) is 116 cm³/mol. The summed E-state index contributed by atoms with van der Waals surface area (Å²) in [5.41, 5.74) is 3.33. The van der Waals surface area contributed by atoms with Crippen molar-refractivity contribution < 1.29 is 14.3 Å². The zero-order valence-electron chi connectivity index (χ0n) is 16.5. The van der Waals surface area contributed by atoms with Crippen molar-refractivity contribution in [3.05, 3.63) is 84.7 Å². The van der Waals surface area contributed by atoms with Crippen molar-refractivity contribution in [2.24, 2.45) is 0 Å². The Morgan fingerprint density at radius 2 is 1.81 bits per heavy atom. The molecule has 5 rings (SSSR count). The number of ether oxygens (including phenoxy) is 2. The minimum Gasteiger partial charge on any atom is -0.497 e. The maximum absolute atomic E-state index is 12.5. The van der Waals surface area contributed by atoms with Gasteiger partial charge in [0.1, 0.15) is 17.8 Å². The Morgan fingerprint density at radius 3 is 2.65 bits per heavy atom. The fourth-order valence-electron chi connectivity index (χ4n) is 3.23. The molecule has 3 aromatic carbocycles. The quantitative estimate of drug-likeness (QED) is 0.463. The molecule has 1 N–H and O–H groups in total. The van der Waals surface area contributed by atoms with Crippen LogP contribution in [0.4, 0.5) is 5.69 Å². The Hall–Kier alpha value is -4.46. The van der Waals surface area contributed by atoms with Gasteiger partial charge in [-0.05, 0) is 54.6 Å². The first-order valence-corrected chi connectivity index (χ1v) is 9.53. The lowest BCUT2D eigenvalue weighted by molar-refractivity contribution is 0.102. The summed E-state index contributed by atoms with van der Waals surface area (Å²) in [4.78, 5) is 17.0. The summed E-state index contributed by atoms with van der Waals surface area (Å²) in [6.07, 6.45) is 1.63. The van der Waals surface area contributed by atoms with E-state index in [4.69, 9.17) is 9.47 Å². The fraction of sp³-hybridized carbons (Fsp3) is 0.0435. The van der Waals surface area contributed by atoms with Crippen molar-refractivity contribution in [1.29, 1.82) is 0 Å². The van der Waals surface area contributed by atoms with Crippen LogP contribution in [0.2, 0.25) is 0 Å². The van der Waals surface area contributed by atoms with Crippen LogP contribution in [-0.4, -0.2) is 32.6 Å². The summed E-state index contributed by atoms with van der Waals surface area (Å²) < 4.78 is 13.0. The highest BCUT2D eigenvalue weighted by molar-refractivity contribution is 6.04. The molecule has 31 heavy (non-hydrogen) atoms. The summed E-state index contributed by atoms with van der Waals surface area (Å²) >= 11 is 0. The molecule has 152 valence electrons. The average molecular weight is 411 g/mol. The Balaban J connectivity index is 1.37. The van der Waals surface area contributed by atoms with Crippen molar-refractivity contribution in [3.8, 4) is 17.4 Å². The molecule has 0 bridgehead atoms. The molecule has 0 spiro atoms. The lowest BCUT2D eigenvalue weighted by Crippen LogP contribution is -2.11. The topological polar surface area (TPSA) is 90.6 Å². The summed E-state index contributed by atoms with van der Waals surface area (Å²) in [5, 5.41) is 11.0. The first-order chi connectivity index (χ1) is 15.2. The minimum atomic E-state index is -0.228. The fourth-order valence-corrected chi connectivity index (χ4v) is 3.23. The van der Waals surface area contributed by atoms with Gasteiger partial charge in [-0.3, -0.25) is 9.20 Å². The number of hydrogen-bond acceptors (Lipinski definition) is 6. The van der Waals surface area contributed by atoms with Crippen molar-refractivity contribution in [2.75, 3.05) is 12.4 Å². The second-order valence-electron chi connectivity index (χ2n) is 6.74. The van der Waals surface area contributed by atoms with Gasteiger partial charge in [0, 0.05) is 11.3 Å². The number of benzene rings is 3. The normalized spacial score (nSPS) is 10.9. The number of aromatic nitrogens is 4. The van der Waals surface area contributed by atoms with Crippen LogP contribution in [0.1, 0.15) is 10.4 Å². The third-order valence-corrected chi connectivity index (χ3v) is 4.76. The van der Waals surface area contributed by atoms with Gasteiger partial charge in [0.25, 0.3) is 11.8 Å². The summed E-state index contributed by atoms with van der Waals surface area (Å²) in [6, 6.07) is 21.7. The van der Waals surface area contributed by atoms with Gasteiger partial charge < -0.3 is 14.8 Å². The number of carbonyl (C=O) groups is 1. The van der Waals surface area contributed by atoms with Crippen LogP contribution in [0, 0.1) is 0 Å². The molecule has 0 radical (unpaired) electrons. The van der Waals surface area contributed by atoms with Crippen molar-refractivity contribution in [1.82, 2.24) is 19.6 Å². The van der Waals surface area contributed by atoms with Gasteiger partial charge in [-0.15, -0.1) is 10.2 Å². The second-order valence-corrected chi connectivity index (χ2v) is 6.74. The molecule has 0 unspecified atom stereocenters. The van der Waals surface area contributed by atoms with Crippen LogP contribution < -0.4 is 14.8 Å². The largest absolute Gasteiger partial charge is 0.497 e. The highest BCUT2D eigenvalue weighted by Crippen LogP contribution is 2.27. The number of amides is 1. The SMILES string of the molecule is COc1cccc(C(=O)Nc2ccc(Oc3nc4ccccc4n4cnnc34)cc2)c1. The van der Waals surface area contributed by atoms with Crippen LogP contribution in [-0.2, 0) is 0 Å². The average Bonchev–Trinajstić information content (AvgIpc) is 3.31. The molecule has 0 aliphatic heterocycles. The van der Waals surface area contributed by atoms with Gasteiger partial charge >= 0.3 is 0 Å². The summed E-state index contributed by atoms with van der Waals surface area (Å²) in [7, 11) is 1.56. The number of carbonyl (C=O) groups excluding carboxylic acids is 1. The number of anilines is 1. The first-order valence-electron chi connectivity index (χ1n) is 9.53. The van der Waals surface area contributed by atoms with Crippen molar-refractivity contribution >= 4 is 28.3 Å². The van der Waals surface area contributed by atoms with Gasteiger partial charge in [0.15, 0.2) is 0 Å². The third-order valence-electron chi connectivity index (χ3n) is 4.76. The molecule has 0 aliphatic carbocycles. The highest BCUT2D eigenvalue weighted by atomic mass is 16.5. The van der Waals surface area contributed by atoms with E-state index >= 15 is 0 Å². The Labute approximate surface area is 177 Å². The number of rotatable bonds is 5. The van der Waals surface area contributed by atoms with E-state index in [1.807, 2.05) is 28.7 Å². The van der Waals surface area contributed by atoms with Gasteiger partial charge in [0.05, 0.1) is 18.1 Å². The summed E-state index contributed by atoms with van der Waals surface area (Å²) in [5.74, 6) is 1.31. The predicted octanol–water partition coefficient (Wildman–Crippen LogP) is 4.33. The molecule has 2 heterocycles. The van der Waals surface area contributed by atoms with Gasteiger partial charge in [0.2, 0.25) is 5.65 Å². The van der Waals surface area contributed by atoms with Crippen LogP contribution >= 0.6 is 0 Å². The number of hydrogen-bond donors (Lipinski definition) is 1. The van der Waals surface area contributed by atoms with E-state index in [9.17, 15) is 4.79 Å². The van der Waals surface area contributed by atoms with Crippen LogP contribution in [0.3, 0.4) is 0 Å². The standard InChI is InChI=1S/C23H17N5O3/c1-30-18-6-4-5-15(13-18)22(29)25-16-9-11-17(12-10-16)31-23-21-27-24-14-28(21)20-8-3-2-7-19(20)26-23/h2-14H,1H3,(H,25,29). The Kier molecular flexibility index (Phi) is 4.64. The van der Waals surface area contributed by atoms with Gasteiger partial charge in [-0.1, -0.05) is 18.2 Å². The van der Waals surface area contributed by atoms with Crippen LogP contribution in [0.5, 0.6) is 17.4 Å². The highest BCUT2D eigenvalue weighted by Gasteiger charge is 2.13. The van der Waals surface area contributed by atoms with Gasteiger partial charge in [-0.25, -0.2) is 4.98 Å². The van der Waals surface area contributed by atoms with E-state index in [1.165, 1.54) is 0 Å². The molecule has 0 atom stereocenters. The van der Waals surface area contributed by atoms with Gasteiger partial charge in [-0.2, -0.15) is 0 Å². The molecule has 0 saturated heterocycles. The molecule has 5 aromatic rings. The Bertz CT molecular complexity index is 1400. The van der Waals surface area contributed by atoms with Crippen LogP contribution in [0.25, 0.3) is 16.7 Å². The van der Waals surface area contributed by atoms with E-state index in [1.54, 1.807) is 62.0 Å².